The minimum atomic E-state index is -0.993. The maximum atomic E-state index is 13.2. The zero-order valence-corrected chi connectivity index (χ0v) is 11.3. The number of hydrogen-bond donors (Lipinski definition) is 2. The van der Waals surface area contributed by atoms with E-state index in [2.05, 4.69) is 5.32 Å². The molecule has 0 fully saturated rings. The molecule has 0 aliphatic heterocycles. The molecule has 1 amide bonds. The van der Waals surface area contributed by atoms with E-state index in [0.717, 1.165) is 12.1 Å². The van der Waals surface area contributed by atoms with Crippen molar-refractivity contribution < 1.29 is 19.2 Å². The number of nitro benzene ring substituents is 1. The maximum absolute atomic E-state index is 13.2. The summed E-state index contributed by atoms with van der Waals surface area (Å²) in [6.07, 6.45) is 0.575. The van der Waals surface area contributed by atoms with Crippen LogP contribution in [0.15, 0.2) is 18.2 Å². The number of halogens is 1. The largest absolute Gasteiger partial charge is 0.394 e. The van der Waals surface area contributed by atoms with Gasteiger partial charge in [0, 0.05) is 11.6 Å². The van der Waals surface area contributed by atoms with Crippen LogP contribution in [0.4, 0.5) is 10.1 Å². The molecule has 1 atom stereocenters. The van der Waals surface area contributed by atoms with E-state index in [4.69, 9.17) is 0 Å². The first kappa shape index (κ1) is 16.0. The molecule has 20 heavy (non-hydrogen) atoms. The van der Waals surface area contributed by atoms with Crippen molar-refractivity contribution >= 4 is 11.6 Å². The molecule has 1 aromatic rings. The van der Waals surface area contributed by atoms with E-state index in [0.29, 0.717) is 6.42 Å². The fraction of sp³-hybridized carbons (Fsp3) is 0.462. The number of carbonyl (C=O) groups excluding carboxylic acids is 1. The summed E-state index contributed by atoms with van der Waals surface area (Å²) in [7, 11) is 0. The zero-order valence-electron chi connectivity index (χ0n) is 11.3. The topological polar surface area (TPSA) is 92.5 Å². The van der Waals surface area contributed by atoms with Crippen molar-refractivity contribution in [3.8, 4) is 0 Å². The van der Waals surface area contributed by atoms with Crippen molar-refractivity contribution in [3.05, 3.63) is 39.7 Å². The van der Waals surface area contributed by atoms with Crippen LogP contribution in [-0.4, -0.2) is 28.6 Å². The monoisotopic (exact) mass is 284 g/mol. The molecular formula is C13H17FN2O4. The van der Waals surface area contributed by atoms with Crippen LogP contribution < -0.4 is 5.32 Å². The summed E-state index contributed by atoms with van der Waals surface area (Å²) < 4.78 is 13.2. The third-order valence-electron chi connectivity index (χ3n) is 2.72. The summed E-state index contributed by atoms with van der Waals surface area (Å²) in [6, 6.07) is 2.49. The van der Waals surface area contributed by atoms with Gasteiger partial charge in [-0.3, -0.25) is 14.9 Å². The highest BCUT2D eigenvalue weighted by molar-refractivity contribution is 5.95. The van der Waals surface area contributed by atoms with Crippen molar-refractivity contribution in [1.82, 2.24) is 5.32 Å². The van der Waals surface area contributed by atoms with E-state index < -0.39 is 28.4 Å². The van der Waals surface area contributed by atoms with Gasteiger partial charge >= 0.3 is 5.69 Å². The number of nitro groups is 1. The summed E-state index contributed by atoms with van der Waals surface area (Å²) in [4.78, 5) is 21.6. The van der Waals surface area contributed by atoms with E-state index in [1.165, 1.54) is 6.07 Å². The van der Waals surface area contributed by atoms with E-state index in [1.54, 1.807) is 0 Å². The summed E-state index contributed by atoms with van der Waals surface area (Å²) >= 11 is 0. The SMILES string of the molecule is CC(C)CC(CO)NC(=O)c1ccc(F)c([N+](=O)[O-])c1. The van der Waals surface area contributed by atoms with Crippen LogP contribution in [-0.2, 0) is 0 Å². The standard InChI is InChI=1S/C13H17FN2O4/c1-8(2)5-10(7-17)15-13(18)9-3-4-11(14)12(6-9)16(19)20/h3-4,6,8,10,17H,5,7H2,1-2H3,(H,15,18). The molecule has 0 radical (unpaired) electrons. The highest BCUT2D eigenvalue weighted by atomic mass is 19.1. The second-order valence-electron chi connectivity index (χ2n) is 4.91. The van der Waals surface area contributed by atoms with Crippen LogP contribution in [0.5, 0.6) is 0 Å². The number of amides is 1. The molecule has 0 heterocycles. The molecule has 0 aliphatic carbocycles. The molecular weight excluding hydrogens is 267 g/mol. The average Bonchev–Trinajstić information content (AvgIpc) is 2.37. The number of hydrogen-bond acceptors (Lipinski definition) is 4. The van der Waals surface area contributed by atoms with Crippen molar-refractivity contribution in [1.29, 1.82) is 0 Å². The van der Waals surface area contributed by atoms with Crippen molar-refractivity contribution in [2.24, 2.45) is 5.92 Å². The fourth-order valence-corrected chi connectivity index (χ4v) is 1.81. The second-order valence-corrected chi connectivity index (χ2v) is 4.91. The van der Waals surface area contributed by atoms with Gasteiger partial charge < -0.3 is 10.4 Å². The summed E-state index contributed by atoms with van der Waals surface area (Å²) in [5.41, 5.74) is -0.762. The van der Waals surface area contributed by atoms with Gasteiger partial charge in [-0.25, -0.2) is 0 Å². The first-order valence-electron chi connectivity index (χ1n) is 6.20. The minimum Gasteiger partial charge on any atom is -0.394 e. The lowest BCUT2D eigenvalue weighted by molar-refractivity contribution is -0.387. The van der Waals surface area contributed by atoms with Gasteiger partial charge in [-0.1, -0.05) is 13.8 Å². The zero-order chi connectivity index (χ0) is 15.3. The van der Waals surface area contributed by atoms with Crippen LogP contribution in [0, 0.1) is 21.8 Å². The Morgan fingerprint density at radius 2 is 2.15 bits per heavy atom. The average molecular weight is 284 g/mol. The molecule has 1 unspecified atom stereocenters. The van der Waals surface area contributed by atoms with Gasteiger partial charge in [0.1, 0.15) is 0 Å². The number of rotatable bonds is 6. The third kappa shape index (κ3) is 4.27. The van der Waals surface area contributed by atoms with Crippen LogP contribution in [0.1, 0.15) is 30.6 Å². The van der Waals surface area contributed by atoms with Crippen molar-refractivity contribution in [3.63, 3.8) is 0 Å². The van der Waals surface area contributed by atoms with Crippen LogP contribution in [0.3, 0.4) is 0 Å². The molecule has 0 bridgehead atoms. The minimum absolute atomic E-state index is 0.0136. The van der Waals surface area contributed by atoms with Crippen molar-refractivity contribution in [2.75, 3.05) is 6.61 Å². The van der Waals surface area contributed by atoms with Crippen molar-refractivity contribution in [2.45, 2.75) is 26.3 Å². The molecule has 7 heteroatoms. The Kier molecular flexibility index (Phi) is 5.57. The molecule has 1 rings (SSSR count). The van der Waals surface area contributed by atoms with Crippen LogP contribution in [0.2, 0.25) is 0 Å². The Balaban J connectivity index is 2.87. The number of aliphatic hydroxyl groups excluding tert-OH is 1. The third-order valence-corrected chi connectivity index (χ3v) is 2.72. The fourth-order valence-electron chi connectivity index (χ4n) is 1.81. The smallest absolute Gasteiger partial charge is 0.305 e. The highest BCUT2D eigenvalue weighted by Crippen LogP contribution is 2.18. The lowest BCUT2D eigenvalue weighted by Gasteiger charge is -2.18. The van der Waals surface area contributed by atoms with Crippen LogP contribution >= 0.6 is 0 Å². The Morgan fingerprint density at radius 1 is 1.50 bits per heavy atom. The Bertz CT molecular complexity index is 505. The van der Waals surface area contributed by atoms with Gasteiger partial charge in [0.15, 0.2) is 0 Å². The predicted octanol–water partition coefficient (Wildman–Crippen LogP) is 1.87. The van der Waals surface area contributed by atoms with Gasteiger partial charge in [-0.05, 0) is 24.5 Å². The lowest BCUT2D eigenvalue weighted by atomic mass is 10.0. The Hall–Kier alpha value is -2.02. The normalized spacial score (nSPS) is 12.2. The Labute approximate surface area is 115 Å². The summed E-state index contributed by atoms with van der Waals surface area (Å²) in [6.45, 7) is 3.66. The Morgan fingerprint density at radius 3 is 2.65 bits per heavy atom. The van der Waals surface area contributed by atoms with Gasteiger partial charge in [-0.15, -0.1) is 0 Å². The molecule has 2 N–H and O–H groups in total. The first-order valence-corrected chi connectivity index (χ1v) is 6.20. The predicted molar refractivity (Wildman–Crippen MR) is 70.8 cm³/mol. The van der Waals surface area contributed by atoms with Crippen LogP contribution in [0.25, 0.3) is 0 Å². The molecule has 0 saturated heterocycles. The number of benzene rings is 1. The van der Waals surface area contributed by atoms with E-state index >= 15 is 0 Å². The van der Waals surface area contributed by atoms with Gasteiger partial charge in [0.2, 0.25) is 5.82 Å². The second kappa shape index (κ2) is 6.95. The number of nitrogens with zero attached hydrogens (tertiary/aromatic N) is 1. The first-order chi connectivity index (χ1) is 9.35. The summed E-state index contributed by atoms with van der Waals surface area (Å²) in [5, 5.41) is 22.4. The maximum Gasteiger partial charge on any atom is 0.305 e. The molecule has 110 valence electrons. The quantitative estimate of drug-likeness (QED) is 0.616. The lowest BCUT2D eigenvalue weighted by Crippen LogP contribution is -2.38. The summed E-state index contributed by atoms with van der Waals surface area (Å²) in [5.74, 6) is -1.30. The molecule has 0 spiro atoms. The van der Waals surface area contributed by atoms with E-state index in [-0.39, 0.29) is 18.1 Å². The van der Waals surface area contributed by atoms with Gasteiger partial charge in [-0.2, -0.15) is 4.39 Å². The van der Waals surface area contributed by atoms with Gasteiger partial charge in [0.25, 0.3) is 5.91 Å². The number of carbonyl (C=O) groups is 1. The van der Waals surface area contributed by atoms with E-state index in [9.17, 15) is 24.4 Å². The molecule has 1 aromatic carbocycles. The molecule has 0 aromatic heterocycles. The number of aliphatic hydroxyl groups is 1. The highest BCUT2D eigenvalue weighted by Gasteiger charge is 2.19. The van der Waals surface area contributed by atoms with E-state index in [1.807, 2.05) is 13.8 Å². The molecule has 6 nitrogen and oxygen atoms in total. The van der Waals surface area contributed by atoms with Gasteiger partial charge in [0.05, 0.1) is 17.6 Å². The number of nitrogens with one attached hydrogen (secondary N) is 1. The molecule has 0 aliphatic rings. The molecule has 0 saturated carbocycles.